The minimum Gasteiger partial charge on any atom is -0.497 e. The van der Waals surface area contributed by atoms with Crippen molar-refractivity contribution in [1.29, 1.82) is 0 Å². The van der Waals surface area contributed by atoms with Crippen LogP contribution in [-0.2, 0) is 13.0 Å². The van der Waals surface area contributed by atoms with Gasteiger partial charge in [0, 0.05) is 45.0 Å². The van der Waals surface area contributed by atoms with E-state index in [1.165, 1.54) is 5.69 Å². The van der Waals surface area contributed by atoms with Crippen molar-refractivity contribution in [2.45, 2.75) is 19.9 Å². The fourth-order valence-electron chi connectivity index (χ4n) is 3.07. The Morgan fingerprint density at radius 2 is 1.93 bits per heavy atom. The highest BCUT2D eigenvalue weighted by atomic mass is 127. The molecule has 148 valence electrons. The number of piperazine rings is 1. The minimum absolute atomic E-state index is 0. The zero-order valence-corrected chi connectivity index (χ0v) is 18.5. The Balaban J connectivity index is 0.00000261. The third-order valence-electron chi connectivity index (χ3n) is 4.62. The number of nitrogens with one attached hydrogen (secondary N) is 1. The Morgan fingerprint density at radius 3 is 2.48 bits per heavy atom. The smallest absolute Gasteiger partial charge is 0.194 e. The molecule has 8 heteroatoms. The van der Waals surface area contributed by atoms with Gasteiger partial charge in [0.25, 0.3) is 0 Å². The summed E-state index contributed by atoms with van der Waals surface area (Å²) in [5.74, 6) is 2.62. The fraction of sp³-hybridized carbons (Fsp3) is 0.474. The number of nitrogens with zero attached hydrogens (tertiary/aromatic N) is 4. The summed E-state index contributed by atoms with van der Waals surface area (Å²) in [6.45, 7) is 6.41. The number of rotatable bonds is 5. The van der Waals surface area contributed by atoms with Gasteiger partial charge >= 0.3 is 0 Å². The van der Waals surface area contributed by atoms with Crippen molar-refractivity contribution in [2.24, 2.45) is 4.99 Å². The van der Waals surface area contributed by atoms with E-state index >= 15 is 0 Å². The number of anilines is 1. The number of hydrogen-bond acceptors (Lipinski definition) is 5. The molecule has 1 aliphatic heterocycles. The maximum Gasteiger partial charge on any atom is 0.194 e. The van der Waals surface area contributed by atoms with Crippen LogP contribution in [-0.4, -0.2) is 56.4 Å². The number of hydrogen-bond donors (Lipinski definition) is 1. The lowest BCUT2D eigenvalue weighted by atomic mass is 10.2. The van der Waals surface area contributed by atoms with Crippen LogP contribution in [0.3, 0.4) is 0 Å². The van der Waals surface area contributed by atoms with E-state index in [0.29, 0.717) is 6.54 Å². The van der Waals surface area contributed by atoms with Gasteiger partial charge in [-0.05, 0) is 30.7 Å². The number of ether oxygens (including phenoxy) is 1. The second-order valence-corrected chi connectivity index (χ2v) is 6.21. The quantitative estimate of drug-likeness (QED) is 0.399. The summed E-state index contributed by atoms with van der Waals surface area (Å²) < 4.78 is 10.6. The molecule has 0 aliphatic carbocycles. The Labute approximate surface area is 177 Å². The molecular weight excluding hydrogens is 457 g/mol. The molecule has 1 aromatic carbocycles. The number of guanidine groups is 1. The molecule has 0 amide bonds. The third-order valence-corrected chi connectivity index (χ3v) is 4.62. The van der Waals surface area contributed by atoms with Gasteiger partial charge in [0.15, 0.2) is 11.7 Å². The molecule has 27 heavy (non-hydrogen) atoms. The number of aromatic nitrogens is 1. The number of methoxy groups -OCH3 is 1. The molecule has 0 spiro atoms. The first-order valence-electron chi connectivity index (χ1n) is 9.02. The van der Waals surface area contributed by atoms with Gasteiger partial charge in [-0.15, -0.1) is 24.0 Å². The second-order valence-electron chi connectivity index (χ2n) is 6.21. The fourth-order valence-corrected chi connectivity index (χ4v) is 3.07. The van der Waals surface area contributed by atoms with Crippen LogP contribution in [0, 0.1) is 0 Å². The third kappa shape index (κ3) is 5.50. The summed E-state index contributed by atoms with van der Waals surface area (Å²) in [4.78, 5) is 9.07. The standard InChI is InChI=1S/C19H27N5O2.HI/c1-4-15-13-18(26-22-15)14-21-19(20-2)24-11-9-23(10-12-24)16-5-7-17(25-3)8-6-16;/h5-8,13H,4,9-12,14H2,1-3H3,(H,20,21);1H. The van der Waals surface area contributed by atoms with Crippen molar-refractivity contribution >= 4 is 35.6 Å². The van der Waals surface area contributed by atoms with Crippen LogP contribution in [0.5, 0.6) is 5.75 Å². The van der Waals surface area contributed by atoms with E-state index < -0.39 is 0 Å². The van der Waals surface area contributed by atoms with Gasteiger partial charge < -0.3 is 24.4 Å². The number of benzene rings is 1. The van der Waals surface area contributed by atoms with Gasteiger partial charge in [-0.2, -0.15) is 0 Å². The lowest BCUT2D eigenvalue weighted by Crippen LogP contribution is -2.52. The van der Waals surface area contributed by atoms with Crippen LogP contribution in [0.25, 0.3) is 0 Å². The highest BCUT2D eigenvalue weighted by Gasteiger charge is 2.20. The summed E-state index contributed by atoms with van der Waals surface area (Å²) in [7, 11) is 3.50. The first-order chi connectivity index (χ1) is 12.7. The molecule has 0 radical (unpaired) electrons. The van der Waals surface area contributed by atoms with Crippen LogP contribution in [0.1, 0.15) is 18.4 Å². The van der Waals surface area contributed by atoms with Crippen LogP contribution in [0.15, 0.2) is 39.8 Å². The lowest BCUT2D eigenvalue weighted by Gasteiger charge is -2.37. The average Bonchev–Trinajstić information content (AvgIpc) is 3.17. The molecule has 1 aliphatic rings. The molecule has 1 aromatic heterocycles. The zero-order chi connectivity index (χ0) is 18.4. The van der Waals surface area contributed by atoms with E-state index in [2.05, 4.69) is 44.3 Å². The van der Waals surface area contributed by atoms with Crippen molar-refractivity contribution in [3.05, 3.63) is 41.8 Å². The Kier molecular flexibility index (Phi) is 8.21. The SMILES string of the molecule is CCc1cc(CNC(=NC)N2CCN(c3ccc(OC)cc3)CC2)on1.I. The zero-order valence-electron chi connectivity index (χ0n) is 16.1. The summed E-state index contributed by atoms with van der Waals surface area (Å²) in [6, 6.07) is 10.2. The monoisotopic (exact) mass is 485 g/mol. The summed E-state index contributed by atoms with van der Waals surface area (Å²) in [5.41, 5.74) is 2.20. The van der Waals surface area contributed by atoms with Gasteiger partial charge in [-0.3, -0.25) is 4.99 Å². The molecule has 0 atom stereocenters. The molecule has 0 saturated carbocycles. The van der Waals surface area contributed by atoms with Crippen LogP contribution in [0.2, 0.25) is 0 Å². The van der Waals surface area contributed by atoms with Crippen molar-refractivity contribution in [2.75, 3.05) is 45.2 Å². The van der Waals surface area contributed by atoms with Crippen LogP contribution < -0.4 is 15.0 Å². The molecule has 1 N–H and O–H groups in total. The molecule has 0 unspecified atom stereocenters. The van der Waals surface area contributed by atoms with Gasteiger partial charge in [0.1, 0.15) is 5.75 Å². The van der Waals surface area contributed by atoms with E-state index in [1.54, 1.807) is 7.11 Å². The van der Waals surface area contributed by atoms with E-state index in [-0.39, 0.29) is 24.0 Å². The summed E-state index contributed by atoms with van der Waals surface area (Å²) >= 11 is 0. The van der Waals surface area contributed by atoms with Crippen molar-refractivity contribution in [3.63, 3.8) is 0 Å². The first kappa shape index (κ1) is 21.3. The maximum atomic E-state index is 5.33. The van der Waals surface area contributed by atoms with Gasteiger partial charge in [-0.25, -0.2) is 0 Å². The Morgan fingerprint density at radius 1 is 1.22 bits per heavy atom. The minimum atomic E-state index is 0. The largest absolute Gasteiger partial charge is 0.497 e. The number of aryl methyl sites for hydroxylation is 1. The molecular formula is C19H28IN5O2. The van der Waals surface area contributed by atoms with Gasteiger partial charge in [-0.1, -0.05) is 12.1 Å². The van der Waals surface area contributed by atoms with E-state index in [0.717, 1.165) is 55.8 Å². The topological polar surface area (TPSA) is 66.1 Å². The molecule has 0 bridgehead atoms. The lowest BCUT2D eigenvalue weighted by molar-refractivity contribution is 0.356. The highest BCUT2D eigenvalue weighted by molar-refractivity contribution is 14.0. The Bertz CT molecular complexity index is 724. The molecule has 2 heterocycles. The molecule has 1 fully saturated rings. The molecule has 7 nitrogen and oxygen atoms in total. The number of aliphatic imine (C=N–C) groups is 1. The summed E-state index contributed by atoms with van der Waals surface area (Å²) in [5, 5.41) is 7.39. The van der Waals surface area contributed by atoms with Gasteiger partial charge in [0.2, 0.25) is 0 Å². The van der Waals surface area contributed by atoms with Crippen molar-refractivity contribution in [3.8, 4) is 5.75 Å². The summed E-state index contributed by atoms with van der Waals surface area (Å²) in [6.07, 6.45) is 0.881. The second kappa shape index (κ2) is 10.4. The number of halogens is 1. The van der Waals surface area contributed by atoms with Gasteiger partial charge in [0.05, 0.1) is 19.3 Å². The van der Waals surface area contributed by atoms with Crippen molar-refractivity contribution in [1.82, 2.24) is 15.4 Å². The first-order valence-corrected chi connectivity index (χ1v) is 9.02. The van der Waals surface area contributed by atoms with Crippen LogP contribution >= 0.6 is 24.0 Å². The average molecular weight is 485 g/mol. The predicted molar refractivity (Wildman–Crippen MR) is 118 cm³/mol. The van der Waals surface area contributed by atoms with E-state index in [1.807, 2.05) is 25.2 Å². The predicted octanol–water partition coefficient (Wildman–Crippen LogP) is 2.76. The maximum absolute atomic E-state index is 5.33. The van der Waals surface area contributed by atoms with Crippen molar-refractivity contribution < 1.29 is 9.26 Å². The van der Waals surface area contributed by atoms with Crippen LogP contribution in [0.4, 0.5) is 5.69 Å². The highest BCUT2D eigenvalue weighted by Crippen LogP contribution is 2.20. The Hall–Kier alpha value is -1.97. The molecule has 2 aromatic rings. The normalized spacial score (nSPS) is 14.7. The van der Waals surface area contributed by atoms with E-state index in [9.17, 15) is 0 Å². The molecule has 1 saturated heterocycles. The van der Waals surface area contributed by atoms with E-state index in [4.69, 9.17) is 9.26 Å². The molecule has 3 rings (SSSR count).